The number of nitrogens with one attached hydrogen (secondary N) is 2. The number of carbonyl (C=O) groups is 2. The van der Waals surface area contributed by atoms with E-state index in [1.165, 1.54) is 0 Å². The highest BCUT2D eigenvalue weighted by atomic mass is 79.9. The van der Waals surface area contributed by atoms with Crippen molar-refractivity contribution in [2.75, 3.05) is 22.2 Å². The van der Waals surface area contributed by atoms with Crippen molar-refractivity contribution in [1.29, 1.82) is 0 Å². The van der Waals surface area contributed by atoms with Gasteiger partial charge in [0.1, 0.15) is 6.54 Å². The Bertz CT molecular complexity index is 995. The molecule has 0 fully saturated rings. The van der Waals surface area contributed by atoms with E-state index < -0.39 is 0 Å². The summed E-state index contributed by atoms with van der Waals surface area (Å²) in [6.45, 7) is 13.2. The molecular formula is C24H33BrClN5O2. The zero-order valence-corrected chi connectivity index (χ0v) is 22.6. The second-order valence-corrected chi connectivity index (χ2v) is 8.49. The largest absolute Gasteiger partial charge is 0.350 e. The number of anilines is 2. The van der Waals surface area contributed by atoms with Crippen LogP contribution < -0.4 is 15.6 Å². The van der Waals surface area contributed by atoms with E-state index in [1.807, 2.05) is 53.7 Å². The third kappa shape index (κ3) is 8.78. The maximum atomic E-state index is 13.0. The van der Waals surface area contributed by atoms with Crippen molar-refractivity contribution in [2.45, 2.75) is 54.5 Å². The number of hydrazone groups is 1. The molecule has 0 unspecified atom stereocenters. The summed E-state index contributed by atoms with van der Waals surface area (Å²) in [5.74, 6) is -0.0507. The molecule has 2 amide bonds. The lowest BCUT2D eigenvalue weighted by atomic mass is 10.1. The molecular weight excluding hydrogens is 506 g/mol. The van der Waals surface area contributed by atoms with E-state index in [9.17, 15) is 9.59 Å². The fourth-order valence-electron chi connectivity index (χ4n) is 2.88. The average molecular weight is 539 g/mol. The van der Waals surface area contributed by atoms with Crippen LogP contribution in [0.2, 0.25) is 5.02 Å². The quantitative estimate of drug-likeness (QED) is 0.255. The van der Waals surface area contributed by atoms with Gasteiger partial charge >= 0.3 is 0 Å². The van der Waals surface area contributed by atoms with Crippen LogP contribution in [0.15, 0.2) is 35.6 Å². The summed E-state index contributed by atoms with van der Waals surface area (Å²) in [7, 11) is 0. The molecule has 0 aliphatic carbocycles. The number of benzene rings is 1. The molecule has 1 aromatic heterocycles. The van der Waals surface area contributed by atoms with Gasteiger partial charge in [0, 0.05) is 28.3 Å². The molecule has 2 aromatic rings. The van der Waals surface area contributed by atoms with E-state index in [-0.39, 0.29) is 24.4 Å². The Balaban J connectivity index is 0.00000265. The lowest BCUT2D eigenvalue weighted by Crippen LogP contribution is -2.34. The van der Waals surface area contributed by atoms with Crippen LogP contribution in [-0.4, -0.2) is 40.4 Å². The van der Waals surface area contributed by atoms with Gasteiger partial charge in [-0.15, -0.1) is 0 Å². The molecule has 0 saturated carbocycles. The molecule has 0 radical (unpaired) electrons. The Labute approximate surface area is 210 Å². The first-order valence-electron chi connectivity index (χ1n) is 10.8. The van der Waals surface area contributed by atoms with E-state index in [1.54, 1.807) is 30.3 Å². The molecule has 0 aliphatic heterocycles. The van der Waals surface area contributed by atoms with Gasteiger partial charge in [-0.25, -0.2) is 9.99 Å². The Morgan fingerprint density at radius 1 is 1.21 bits per heavy atom. The maximum Gasteiger partial charge on any atom is 0.253 e. The molecule has 33 heavy (non-hydrogen) atoms. The maximum absolute atomic E-state index is 13.0. The van der Waals surface area contributed by atoms with Crippen LogP contribution in [0.1, 0.15) is 56.1 Å². The molecule has 2 rings (SSSR count). The predicted octanol–water partition coefficient (Wildman–Crippen LogP) is 5.73. The van der Waals surface area contributed by atoms with E-state index in [2.05, 4.69) is 36.6 Å². The normalized spacial score (nSPS) is 10.9. The Hall–Kier alpha value is -2.45. The van der Waals surface area contributed by atoms with Gasteiger partial charge in [0.05, 0.1) is 11.3 Å². The standard InChI is InChI=1S/C22H27BrClN5O2.C2H6/c1-13(2)26-22(31)18-10-17(24)9-15(4)20(18)27-19(30)12-29(28-16(5)11-23)21-14(3)7-6-8-25-21;1-2/h6-10,13H,11-12H2,1-5H3,(H,26,31)(H,27,30);1-2H3/b28-16+;. The molecule has 1 heterocycles. The summed E-state index contributed by atoms with van der Waals surface area (Å²) < 4.78 is 0. The van der Waals surface area contributed by atoms with E-state index >= 15 is 0 Å². The number of carbonyl (C=O) groups excluding carboxylic acids is 2. The lowest BCUT2D eigenvalue weighted by Gasteiger charge is -2.21. The van der Waals surface area contributed by atoms with Gasteiger partial charge < -0.3 is 10.6 Å². The van der Waals surface area contributed by atoms with Crippen molar-refractivity contribution in [3.05, 3.63) is 52.2 Å². The van der Waals surface area contributed by atoms with Crippen LogP contribution in [0.3, 0.4) is 0 Å². The number of aromatic nitrogens is 1. The highest BCUT2D eigenvalue weighted by Crippen LogP contribution is 2.26. The van der Waals surface area contributed by atoms with Gasteiger partial charge in [-0.1, -0.05) is 47.4 Å². The number of halogens is 2. The average Bonchev–Trinajstić information content (AvgIpc) is 2.76. The summed E-state index contributed by atoms with van der Waals surface area (Å²) in [5.41, 5.74) is 3.10. The van der Waals surface area contributed by atoms with Crippen molar-refractivity contribution < 1.29 is 9.59 Å². The number of pyridine rings is 1. The van der Waals surface area contributed by atoms with Crippen LogP contribution in [0.25, 0.3) is 0 Å². The molecule has 9 heteroatoms. The highest BCUT2D eigenvalue weighted by Gasteiger charge is 2.20. The fraction of sp³-hybridized carbons (Fsp3) is 0.417. The van der Waals surface area contributed by atoms with E-state index in [0.717, 1.165) is 11.3 Å². The van der Waals surface area contributed by atoms with Gasteiger partial charge in [-0.2, -0.15) is 5.10 Å². The Kier molecular flexibility index (Phi) is 12.1. The zero-order valence-electron chi connectivity index (χ0n) is 20.3. The third-order valence-corrected chi connectivity index (χ3v) is 5.26. The number of hydrogen-bond donors (Lipinski definition) is 2. The Morgan fingerprint density at radius 3 is 2.45 bits per heavy atom. The number of hydrogen-bond acceptors (Lipinski definition) is 5. The number of amides is 2. The number of nitrogens with zero attached hydrogens (tertiary/aromatic N) is 3. The summed E-state index contributed by atoms with van der Waals surface area (Å²) in [6.07, 6.45) is 1.66. The smallest absolute Gasteiger partial charge is 0.253 e. The number of aryl methyl sites for hydroxylation is 2. The topological polar surface area (TPSA) is 86.7 Å². The van der Waals surface area contributed by atoms with Gasteiger partial charge in [0.25, 0.3) is 5.91 Å². The highest BCUT2D eigenvalue weighted by molar-refractivity contribution is 9.09. The summed E-state index contributed by atoms with van der Waals surface area (Å²) in [4.78, 5) is 30.0. The second-order valence-electron chi connectivity index (χ2n) is 7.49. The first-order valence-corrected chi connectivity index (χ1v) is 12.3. The molecule has 1 aromatic carbocycles. The predicted molar refractivity (Wildman–Crippen MR) is 142 cm³/mol. The van der Waals surface area contributed by atoms with Crippen LogP contribution >= 0.6 is 27.5 Å². The van der Waals surface area contributed by atoms with Gasteiger partial charge in [-0.3, -0.25) is 9.59 Å². The van der Waals surface area contributed by atoms with E-state index in [0.29, 0.717) is 33.0 Å². The first kappa shape index (κ1) is 28.6. The molecule has 0 aliphatic rings. The molecule has 0 spiro atoms. The molecule has 7 nitrogen and oxygen atoms in total. The van der Waals surface area contributed by atoms with Gasteiger partial charge in [0.2, 0.25) is 5.91 Å². The lowest BCUT2D eigenvalue weighted by molar-refractivity contribution is -0.115. The molecule has 0 saturated heterocycles. The molecule has 0 bridgehead atoms. The minimum Gasteiger partial charge on any atom is -0.350 e. The van der Waals surface area contributed by atoms with E-state index in [4.69, 9.17) is 11.6 Å². The molecule has 2 N–H and O–H groups in total. The van der Waals surface area contributed by atoms with Gasteiger partial charge in [-0.05, 0) is 63.9 Å². The van der Waals surface area contributed by atoms with Crippen molar-refractivity contribution in [1.82, 2.24) is 10.3 Å². The third-order valence-electron chi connectivity index (χ3n) is 4.23. The molecule has 180 valence electrons. The van der Waals surface area contributed by atoms with Crippen LogP contribution in [-0.2, 0) is 4.79 Å². The van der Waals surface area contributed by atoms with Crippen LogP contribution in [0.4, 0.5) is 11.5 Å². The number of rotatable bonds is 8. The molecule has 0 atom stereocenters. The van der Waals surface area contributed by atoms with Crippen molar-refractivity contribution in [3.63, 3.8) is 0 Å². The SMILES string of the molecule is C/C(CBr)=N\N(CC(=O)Nc1c(C)cc(Cl)cc1C(=O)NC(C)C)c1ncccc1C.CC. The summed E-state index contributed by atoms with van der Waals surface area (Å²) in [5, 5.41) is 12.8. The van der Waals surface area contributed by atoms with Crippen molar-refractivity contribution >= 4 is 56.6 Å². The second kappa shape index (κ2) is 14.0. The summed E-state index contributed by atoms with van der Waals surface area (Å²) in [6, 6.07) is 6.94. The van der Waals surface area contributed by atoms with Crippen molar-refractivity contribution in [3.8, 4) is 0 Å². The van der Waals surface area contributed by atoms with Crippen LogP contribution in [0, 0.1) is 13.8 Å². The van der Waals surface area contributed by atoms with Crippen molar-refractivity contribution in [2.24, 2.45) is 5.10 Å². The monoisotopic (exact) mass is 537 g/mol. The van der Waals surface area contributed by atoms with Gasteiger partial charge in [0.15, 0.2) is 5.82 Å². The number of alkyl halides is 1. The minimum atomic E-state index is -0.333. The van der Waals surface area contributed by atoms with Crippen LogP contribution in [0.5, 0.6) is 0 Å². The fourth-order valence-corrected chi connectivity index (χ4v) is 3.27. The Morgan fingerprint density at radius 2 is 1.88 bits per heavy atom. The first-order chi connectivity index (χ1) is 15.6. The minimum absolute atomic E-state index is 0.0560. The zero-order chi connectivity index (χ0) is 25.1. The summed E-state index contributed by atoms with van der Waals surface area (Å²) >= 11 is 9.54.